The Kier molecular flexibility index (Phi) is 4.69. The maximum Gasteiger partial charge on any atom is 0.0736 e. The number of rotatable bonds is 5. The van der Waals surface area contributed by atoms with Crippen LogP contribution in [0.5, 0.6) is 0 Å². The van der Waals surface area contributed by atoms with Crippen molar-refractivity contribution < 1.29 is 5.11 Å². The Morgan fingerprint density at radius 1 is 1.31 bits per heavy atom. The first-order chi connectivity index (χ1) is 7.50. The van der Waals surface area contributed by atoms with Gasteiger partial charge in [0, 0.05) is 16.3 Å². The number of hydrogen-bond acceptors (Lipinski definition) is 3. The van der Waals surface area contributed by atoms with Crippen LogP contribution in [0.15, 0.2) is 23.1 Å². The lowest BCUT2D eigenvalue weighted by Gasteiger charge is -2.24. The number of anilines is 1. The molecular weight excluding hydrogens is 218 g/mol. The normalized spacial score (nSPS) is 11.8. The van der Waals surface area contributed by atoms with E-state index in [0.717, 1.165) is 23.4 Å². The molecule has 90 valence electrons. The molecule has 1 aromatic rings. The molecule has 2 nitrogen and oxygen atoms in total. The van der Waals surface area contributed by atoms with Crippen molar-refractivity contribution in [2.75, 3.05) is 11.5 Å². The van der Waals surface area contributed by atoms with Gasteiger partial charge in [-0.3, -0.25) is 0 Å². The molecule has 0 spiro atoms. The Morgan fingerprint density at radius 3 is 2.50 bits per heavy atom. The van der Waals surface area contributed by atoms with E-state index in [2.05, 4.69) is 13.0 Å². The van der Waals surface area contributed by atoms with Gasteiger partial charge in [0.05, 0.1) is 5.60 Å². The Morgan fingerprint density at radius 2 is 1.94 bits per heavy atom. The largest absolute Gasteiger partial charge is 0.398 e. The Balaban J connectivity index is 2.70. The minimum atomic E-state index is -0.569. The van der Waals surface area contributed by atoms with E-state index in [4.69, 9.17) is 5.73 Å². The second-order valence-corrected chi connectivity index (χ2v) is 5.28. The highest BCUT2D eigenvalue weighted by Crippen LogP contribution is 2.31. The van der Waals surface area contributed by atoms with Gasteiger partial charge in [-0.15, -0.1) is 11.8 Å². The molecule has 1 aromatic carbocycles. The average molecular weight is 239 g/mol. The topological polar surface area (TPSA) is 46.2 Å². The molecule has 0 unspecified atom stereocenters. The zero-order valence-electron chi connectivity index (χ0n) is 10.3. The molecule has 3 heteroatoms. The van der Waals surface area contributed by atoms with E-state index in [1.54, 1.807) is 11.8 Å². The van der Waals surface area contributed by atoms with Crippen molar-refractivity contribution in [2.45, 2.75) is 44.1 Å². The highest BCUT2D eigenvalue weighted by molar-refractivity contribution is 7.99. The number of thioether (sulfide) groups is 1. The Labute approximate surface area is 102 Å². The molecule has 0 saturated heterocycles. The minimum Gasteiger partial charge on any atom is -0.398 e. The SMILES string of the molecule is CCC(O)(CC)CSc1cc(C)ccc1N. The van der Waals surface area contributed by atoms with Crippen molar-refractivity contribution >= 4 is 17.4 Å². The fraction of sp³-hybridized carbons (Fsp3) is 0.538. The molecule has 0 radical (unpaired) electrons. The monoisotopic (exact) mass is 239 g/mol. The fourth-order valence-corrected chi connectivity index (χ4v) is 2.77. The van der Waals surface area contributed by atoms with Gasteiger partial charge < -0.3 is 10.8 Å². The summed E-state index contributed by atoms with van der Waals surface area (Å²) in [4.78, 5) is 1.07. The van der Waals surface area contributed by atoms with E-state index in [-0.39, 0.29) is 0 Å². The van der Waals surface area contributed by atoms with Crippen LogP contribution in [0.25, 0.3) is 0 Å². The van der Waals surface area contributed by atoms with Gasteiger partial charge in [-0.2, -0.15) is 0 Å². The third-order valence-electron chi connectivity index (χ3n) is 2.98. The molecule has 0 saturated carbocycles. The quantitative estimate of drug-likeness (QED) is 0.612. The summed E-state index contributed by atoms with van der Waals surface area (Å²) in [6.45, 7) is 6.09. The van der Waals surface area contributed by atoms with Crippen molar-refractivity contribution in [2.24, 2.45) is 0 Å². The number of hydrogen-bond donors (Lipinski definition) is 2. The van der Waals surface area contributed by atoms with E-state index >= 15 is 0 Å². The van der Waals surface area contributed by atoms with Crippen LogP contribution in [0.2, 0.25) is 0 Å². The van der Waals surface area contributed by atoms with Crippen LogP contribution in [0.3, 0.4) is 0 Å². The lowest BCUT2D eigenvalue weighted by Crippen LogP contribution is -2.29. The van der Waals surface area contributed by atoms with Crippen LogP contribution in [0.1, 0.15) is 32.3 Å². The van der Waals surface area contributed by atoms with E-state index in [0.29, 0.717) is 5.75 Å². The molecule has 0 aliphatic carbocycles. The molecule has 0 fully saturated rings. The summed E-state index contributed by atoms with van der Waals surface area (Å²) in [5.41, 5.74) is 7.33. The molecule has 0 aliphatic heterocycles. The second-order valence-electron chi connectivity index (χ2n) is 4.26. The third-order valence-corrected chi connectivity index (χ3v) is 4.33. The van der Waals surface area contributed by atoms with Gasteiger partial charge in [0.25, 0.3) is 0 Å². The summed E-state index contributed by atoms with van der Waals surface area (Å²) in [5, 5.41) is 10.2. The second kappa shape index (κ2) is 5.60. The average Bonchev–Trinajstić information content (AvgIpc) is 2.30. The summed E-state index contributed by atoms with van der Waals surface area (Å²) in [5.74, 6) is 0.702. The van der Waals surface area contributed by atoms with Crippen molar-refractivity contribution in [3.05, 3.63) is 23.8 Å². The van der Waals surface area contributed by atoms with Crippen molar-refractivity contribution in [3.63, 3.8) is 0 Å². The molecule has 0 heterocycles. The Hall–Kier alpha value is -0.670. The van der Waals surface area contributed by atoms with Gasteiger partial charge in [-0.05, 0) is 37.5 Å². The van der Waals surface area contributed by atoms with E-state index < -0.39 is 5.60 Å². The van der Waals surface area contributed by atoms with Gasteiger partial charge in [-0.1, -0.05) is 19.9 Å². The van der Waals surface area contributed by atoms with E-state index in [1.807, 2.05) is 26.0 Å². The molecular formula is C13H21NOS. The van der Waals surface area contributed by atoms with Gasteiger partial charge in [0.15, 0.2) is 0 Å². The fourth-order valence-electron chi connectivity index (χ4n) is 1.43. The number of benzene rings is 1. The van der Waals surface area contributed by atoms with Crippen LogP contribution >= 0.6 is 11.8 Å². The number of aliphatic hydroxyl groups is 1. The van der Waals surface area contributed by atoms with Gasteiger partial charge >= 0.3 is 0 Å². The lowest BCUT2D eigenvalue weighted by molar-refractivity contribution is 0.0572. The molecule has 3 N–H and O–H groups in total. The zero-order chi connectivity index (χ0) is 12.2. The Bertz CT molecular complexity index is 348. The summed E-state index contributed by atoms with van der Waals surface area (Å²) < 4.78 is 0. The zero-order valence-corrected chi connectivity index (χ0v) is 11.1. The standard InChI is InChI=1S/C13H21NOS/c1-4-13(15,5-2)9-16-12-8-10(3)6-7-11(12)14/h6-8,15H,4-5,9,14H2,1-3H3. The maximum absolute atomic E-state index is 10.2. The highest BCUT2D eigenvalue weighted by Gasteiger charge is 2.22. The third kappa shape index (κ3) is 3.42. The highest BCUT2D eigenvalue weighted by atomic mass is 32.2. The van der Waals surface area contributed by atoms with E-state index in [1.165, 1.54) is 5.56 Å². The molecule has 0 aromatic heterocycles. The summed E-state index contributed by atoms with van der Waals surface area (Å²) >= 11 is 1.64. The van der Waals surface area contributed by atoms with Crippen LogP contribution in [-0.4, -0.2) is 16.5 Å². The molecule has 0 aliphatic rings. The van der Waals surface area contributed by atoms with Crippen molar-refractivity contribution in [3.8, 4) is 0 Å². The summed E-state index contributed by atoms with van der Waals surface area (Å²) in [6.07, 6.45) is 1.56. The molecule has 0 bridgehead atoms. The summed E-state index contributed by atoms with van der Waals surface area (Å²) in [6, 6.07) is 6.01. The van der Waals surface area contributed by atoms with Crippen LogP contribution in [0.4, 0.5) is 5.69 Å². The first kappa shape index (κ1) is 13.4. The van der Waals surface area contributed by atoms with Gasteiger partial charge in [0.2, 0.25) is 0 Å². The van der Waals surface area contributed by atoms with Gasteiger partial charge in [0.1, 0.15) is 0 Å². The van der Waals surface area contributed by atoms with E-state index in [9.17, 15) is 5.11 Å². The van der Waals surface area contributed by atoms with Crippen molar-refractivity contribution in [1.29, 1.82) is 0 Å². The molecule has 0 amide bonds. The maximum atomic E-state index is 10.2. The predicted octanol–water partition coefficient (Wildman–Crippen LogP) is 3.22. The first-order valence-electron chi connectivity index (χ1n) is 5.72. The number of aryl methyl sites for hydroxylation is 1. The number of nitrogen functional groups attached to an aromatic ring is 1. The summed E-state index contributed by atoms with van der Waals surface area (Å²) in [7, 11) is 0. The lowest BCUT2D eigenvalue weighted by atomic mass is 10.0. The molecule has 16 heavy (non-hydrogen) atoms. The number of nitrogens with two attached hydrogens (primary N) is 1. The molecule has 0 atom stereocenters. The van der Waals surface area contributed by atoms with Crippen LogP contribution in [0, 0.1) is 6.92 Å². The first-order valence-corrected chi connectivity index (χ1v) is 6.70. The minimum absolute atomic E-state index is 0.569. The van der Waals surface area contributed by atoms with Crippen LogP contribution < -0.4 is 5.73 Å². The van der Waals surface area contributed by atoms with Crippen molar-refractivity contribution in [1.82, 2.24) is 0 Å². The predicted molar refractivity (Wildman–Crippen MR) is 71.8 cm³/mol. The van der Waals surface area contributed by atoms with Crippen LogP contribution in [-0.2, 0) is 0 Å². The smallest absolute Gasteiger partial charge is 0.0736 e. The molecule has 1 rings (SSSR count). The van der Waals surface area contributed by atoms with Gasteiger partial charge in [-0.25, -0.2) is 0 Å².